The number of rotatable bonds is 4. The number of benzene rings is 2. The number of ether oxygens (including phenoxy) is 1. The van der Waals surface area contributed by atoms with Gasteiger partial charge in [0.2, 0.25) is 5.16 Å². The number of alkyl halides is 3. The summed E-state index contributed by atoms with van der Waals surface area (Å²) in [6, 6.07) is 7.95. The molecule has 0 saturated carbocycles. The zero-order valence-electron chi connectivity index (χ0n) is 13.1. The predicted octanol–water partition coefficient (Wildman–Crippen LogP) is 5.32. The standard InChI is InChI=1S/C16H9BrClF3N2O3S/c17-13-6-10-3-1-9(5-11(10)7-14(13)26-16(19,20)21)2-4-12-8-22-15(23-12)27(18,24)25/h1-8H,(H,22,23). The van der Waals surface area contributed by atoms with Crippen LogP contribution < -0.4 is 4.74 Å². The van der Waals surface area contributed by atoms with Gasteiger partial charge in [-0.15, -0.1) is 13.2 Å². The summed E-state index contributed by atoms with van der Waals surface area (Å²) in [6.45, 7) is 0. The third-order valence-electron chi connectivity index (χ3n) is 3.40. The summed E-state index contributed by atoms with van der Waals surface area (Å²) in [5, 5.41) is 0.875. The summed E-state index contributed by atoms with van der Waals surface area (Å²) in [4.78, 5) is 6.18. The molecular weight excluding hydrogens is 473 g/mol. The van der Waals surface area contributed by atoms with Crippen molar-refractivity contribution in [2.75, 3.05) is 0 Å². The number of nitrogens with one attached hydrogen (secondary N) is 1. The van der Waals surface area contributed by atoms with Crippen molar-refractivity contribution in [3.05, 3.63) is 52.3 Å². The Morgan fingerprint density at radius 3 is 2.52 bits per heavy atom. The topological polar surface area (TPSA) is 72.1 Å². The predicted molar refractivity (Wildman–Crippen MR) is 98.9 cm³/mol. The Morgan fingerprint density at radius 2 is 1.89 bits per heavy atom. The summed E-state index contributed by atoms with van der Waals surface area (Å²) in [5.41, 5.74) is 1.07. The van der Waals surface area contributed by atoms with Crippen molar-refractivity contribution >= 4 is 58.6 Å². The SMILES string of the molecule is O=S(=O)(Cl)c1ncc(C=Cc2ccc3cc(Br)c(OC(F)(F)F)cc3c2)[nH]1. The number of nitrogens with zero attached hydrogens (tertiary/aromatic N) is 1. The van der Waals surface area contributed by atoms with Gasteiger partial charge in [0.25, 0.3) is 9.05 Å². The van der Waals surface area contributed by atoms with E-state index in [0.717, 1.165) is 0 Å². The van der Waals surface area contributed by atoms with Crippen LogP contribution in [0, 0.1) is 0 Å². The van der Waals surface area contributed by atoms with Gasteiger partial charge in [0.15, 0.2) is 0 Å². The second-order valence-electron chi connectivity index (χ2n) is 5.35. The van der Waals surface area contributed by atoms with Gasteiger partial charge in [0.1, 0.15) is 5.75 Å². The van der Waals surface area contributed by atoms with E-state index < -0.39 is 15.4 Å². The molecule has 3 aromatic rings. The van der Waals surface area contributed by atoms with Crippen LogP contribution in [-0.4, -0.2) is 24.7 Å². The summed E-state index contributed by atoms with van der Waals surface area (Å²) < 4.78 is 64.0. The molecule has 3 rings (SSSR count). The van der Waals surface area contributed by atoms with E-state index in [2.05, 4.69) is 30.6 Å². The highest BCUT2D eigenvalue weighted by molar-refractivity contribution is 9.10. The van der Waals surface area contributed by atoms with E-state index in [-0.39, 0.29) is 15.4 Å². The maximum atomic E-state index is 12.5. The van der Waals surface area contributed by atoms with Gasteiger partial charge in [-0.25, -0.2) is 13.4 Å². The number of halogens is 5. The van der Waals surface area contributed by atoms with Crippen molar-refractivity contribution in [3.8, 4) is 5.75 Å². The molecule has 0 unspecified atom stereocenters. The lowest BCUT2D eigenvalue weighted by Crippen LogP contribution is -2.17. The lowest BCUT2D eigenvalue weighted by atomic mass is 10.1. The number of hydrogen-bond donors (Lipinski definition) is 1. The van der Waals surface area contributed by atoms with E-state index in [1.54, 1.807) is 30.4 Å². The lowest BCUT2D eigenvalue weighted by molar-refractivity contribution is -0.274. The molecule has 0 aliphatic heterocycles. The van der Waals surface area contributed by atoms with Crippen LogP contribution in [0.4, 0.5) is 13.2 Å². The minimum Gasteiger partial charge on any atom is -0.405 e. The van der Waals surface area contributed by atoms with Crippen LogP contribution in [0.3, 0.4) is 0 Å². The monoisotopic (exact) mass is 480 g/mol. The highest BCUT2D eigenvalue weighted by atomic mass is 79.9. The fourth-order valence-electron chi connectivity index (χ4n) is 2.28. The Hall–Kier alpha value is -2.04. The summed E-state index contributed by atoms with van der Waals surface area (Å²) >= 11 is 3.06. The van der Waals surface area contributed by atoms with Gasteiger partial charge < -0.3 is 9.72 Å². The van der Waals surface area contributed by atoms with E-state index >= 15 is 0 Å². The molecule has 0 radical (unpaired) electrons. The molecule has 1 N–H and O–H groups in total. The Bertz CT molecular complexity index is 1140. The van der Waals surface area contributed by atoms with Gasteiger partial charge in [-0.1, -0.05) is 18.2 Å². The molecule has 11 heteroatoms. The van der Waals surface area contributed by atoms with Gasteiger partial charge >= 0.3 is 6.36 Å². The minimum absolute atomic E-state index is 0.183. The highest BCUT2D eigenvalue weighted by Gasteiger charge is 2.32. The van der Waals surface area contributed by atoms with E-state index in [1.165, 1.54) is 18.3 Å². The fourth-order valence-corrected chi connectivity index (χ4v) is 3.38. The van der Waals surface area contributed by atoms with Crippen LogP contribution in [0.5, 0.6) is 5.75 Å². The Balaban J connectivity index is 1.91. The van der Waals surface area contributed by atoms with Gasteiger partial charge in [-0.2, -0.15) is 0 Å². The zero-order chi connectivity index (χ0) is 19.8. The van der Waals surface area contributed by atoms with Gasteiger partial charge in [-0.05, 0) is 56.5 Å². The summed E-state index contributed by atoms with van der Waals surface area (Å²) in [6.07, 6.45) is -0.302. The molecule has 1 heterocycles. The van der Waals surface area contributed by atoms with Crippen molar-refractivity contribution in [1.82, 2.24) is 9.97 Å². The number of aromatic amines is 1. The highest BCUT2D eigenvalue weighted by Crippen LogP contribution is 2.34. The van der Waals surface area contributed by atoms with Crippen molar-refractivity contribution in [2.45, 2.75) is 11.5 Å². The Kier molecular flexibility index (Phi) is 5.24. The molecule has 1 aromatic heterocycles. The number of imidazole rings is 1. The molecule has 0 aliphatic carbocycles. The van der Waals surface area contributed by atoms with Crippen LogP contribution in [0.2, 0.25) is 0 Å². The smallest absolute Gasteiger partial charge is 0.405 e. The molecule has 0 amide bonds. The Labute approximate surface area is 164 Å². The minimum atomic E-state index is -4.80. The third-order valence-corrected chi connectivity index (χ3v) is 5.13. The van der Waals surface area contributed by atoms with Gasteiger partial charge in [-0.3, -0.25) is 0 Å². The molecule has 0 saturated heterocycles. The van der Waals surface area contributed by atoms with Gasteiger partial charge in [0.05, 0.1) is 16.4 Å². The second kappa shape index (κ2) is 7.17. The van der Waals surface area contributed by atoms with Crippen LogP contribution in [0.1, 0.15) is 11.3 Å². The lowest BCUT2D eigenvalue weighted by Gasteiger charge is -2.11. The van der Waals surface area contributed by atoms with E-state index in [9.17, 15) is 21.6 Å². The molecule has 0 atom stereocenters. The first kappa shape index (κ1) is 19.7. The van der Waals surface area contributed by atoms with E-state index in [1.807, 2.05) is 0 Å². The number of aromatic nitrogens is 2. The number of hydrogen-bond acceptors (Lipinski definition) is 4. The van der Waals surface area contributed by atoms with Crippen LogP contribution in [0.15, 0.2) is 46.2 Å². The van der Waals surface area contributed by atoms with Crippen molar-refractivity contribution in [2.24, 2.45) is 0 Å². The first-order chi connectivity index (χ1) is 12.5. The van der Waals surface area contributed by atoms with Crippen LogP contribution in [0.25, 0.3) is 22.9 Å². The Morgan fingerprint density at radius 1 is 1.15 bits per heavy atom. The van der Waals surface area contributed by atoms with Crippen LogP contribution in [-0.2, 0) is 9.05 Å². The zero-order valence-corrected chi connectivity index (χ0v) is 16.2. The summed E-state index contributed by atoms with van der Waals surface area (Å²) in [7, 11) is 1.23. The maximum absolute atomic E-state index is 12.5. The van der Waals surface area contributed by atoms with Crippen molar-refractivity contribution < 1.29 is 26.3 Å². The normalized spacial score (nSPS) is 12.8. The third kappa shape index (κ3) is 5.02. The number of H-pyrrole nitrogens is 1. The summed E-state index contributed by atoms with van der Waals surface area (Å²) in [5.74, 6) is -0.346. The molecule has 27 heavy (non-hydrogen) atoms. The maximum Gasteiger partial charge on any atom is 0.573 e. The number of fused-ring (bicyclic) bond motifs is 1. The molecule has 2 aromatic carbocycles. The van der Waals surface area contributed by atoms with E-state index in [0.29, 0.717) is 22.0 Å². The molecule has 142 valence electrons. The first-order valence-electron chi connectivity index (χ1n) is 7.18. The second-order valence-corrected chi connectivity index (χ2v) is 8.69. The van der Waals surface area contributed by atoms with Gasteiger partial charge in [0, 0.05) is 10.7 Å². The molecular formula is C16H9BrClF3N2O3S. The molecule has 5 nitrogen and oxygen atoms in total. The van der Waals surface area contributed by atoms with Crippen molar-refractivity contribution in [1.29, 1.82) is 0 Å². The average molecular weight is 482 g/mol. The van der Waals surface area contributed by atoms with Crippen molar-refractivity contribution in [3.63, 3.8) is 0 Å². The largest absolute Gasteiger partial charge is 0.573 e. The average Bonchev–Trinajstić information content (AvgIpc) is 3.01. The molecule has 0 fully saturated rings. The van der Waals surface area contributed by atoms with E-state index in [4.69, 9.17) is 10.7 Å². The first-order valence-corrected chi connectivity index (χ1v) is 10.3. The quantitative estimate of drug-likeness (QED) is 0.512. The molecule has 0 aliphatic rings. The molecule has 0 spiro atoms. The molecule has 0 bridgehead atoms. The van der Waals surface area contributed by atoms with Crippen LogP contribution >= 0.6 is 26.6 Å². The fraction of sp³-hybridized carbons (Fsp3) is 0.0625.